The third-order valence-corrected chi connectivity index (χ3v) is 4.64. The van der Waals surface area contributed by atoms with E-state index in [1.54, 1.807) is 6.33 Å². The van der Waals surface area contributed by atoms with Crippen LogP contribution in [0.3, 0.4) is 0 Å². The van der Waals surface area contributed by atoms with Gasteiger partial charge in [0.15, 0.2) is 0 Å². The summed E-state index contributed by atoms with van der Waals surface area (Å²) in [5.41, 5.74) is 1.73. The van der Waals surface area contributed by atoms with E-state index in [0.717, 1.165) is 44.0 Å². The zero-order valence-corrected chi connectivity index (χ0v) is 15.1. The number of nitrogens with one attached hydrogen (secondary N) is 1. The van der Waals surface area contributed by atoms with Crippen molar-refractivity contribution in [1.82, 2.24) is 25.0 Å². The molecule has 0 radical (unpaired) electrons. The second kappa shape index (κ2) is 7.65. The van der Waals surface area contributed by atoms with Gasteiger partial charge in [0.25, 0.3) is 5.91 Å². The second-order valence-electron chi connectivity index (χ2n) is 6.85. The smallest absolute Gasteiger partial charge is 0.251 e. The Morgan fingerprint density at radius 3 is 2.96 bits per heavy atom. The number of piperidine rings is 1. The monoisotopic (exact) mass is 342 g/mol. The minimum absolute atomic E-state index is 0.00536. The lowest BCUT2D eigenvalue weighted by molar-refractivity contribution is 0.0899. The second-order valence-corrected chi connectivity index (χ2v) is 6.85. The van der Waals surface area contributed by atoms with Crippen molar-refractivity contribution in [2.45, 2.75) is 25.4 Å². The van der Waals surface area contributed by atoms with Crippen LogP contribution in [0.2, 0.25) is 0 Å². The Balaban J connectivity index is 1.59. The van der Waals surface area contributed by atoms with E-state index in [-0.39, 0.29) is 11.9 Å². The van der Waals surface area contributed by atoms with Gasteiger partial charge in [-0.3, -0.25) is 9.69 Å². The van der Waals surface area contributed by atoms with Crippen molar-refractivity contribution in [1.29, 1.82) is 0 Å². The van der Waals surface area contributed by atoms with E-state index >= 15 is 0 Å². The zero-order valence-electron chi connectivity index (χ0n) is 15.1. The first-order valence-electron chi connectivity index (χ1n) is 8.66. The summed E-state index contributed by atoms with van der Waals surface area (Å²) in [5.74, 6) is 0.944. The standard InChI is InChI=1S/C18H26N6O/c1-22(2)16-8-4-6-14(10-16)18(25)20-15-7-5-9-24(11-15)12-17-21-19-13-23(17)3/h4,6,8,10,13,15H,5,7,9,11-12H2,1-3H3,(H,20,25). The van der Waals surface area contributed by atoms with E-state index in [2.05, 4.69) is 20.4 Å². The number of hydrogen-bond acceptors (Lipinski definition) is 5. The normalized spacial score (nSPS) is 18.1. The van der Waals surface area contributed by atoms with Crippen LogP contribution in [-0.4, -0.2) is 58.8 Å². The van der Waals surface area contributed by atoms with Gasteiger partial charge >= 0.3 is 0 Å². The molecular weight excluding hydrogens is 316 g/mol. The molecule has 1 N–H and O–H groups in total. The highest BCUT2D eigenvalue weighted by Crippen LogP contribution is 2.16. The van der Waals surface area contributed by atoms with E-state index in [1.165, 1.54) is 0 Å². The number of aryl methyl sites for hydroxylation is 1. The van der Waals surface area contributed by atoms with Crippen molar-refractivity contribution in [3.63, 3.8) is 0 Å². The van der Waals surface area contributed by atoms with Crippen LogP contribution in [0.15, 0.2) is 30.6 Å². The van der Waals surface area contributed by atoms with Crippen LogP contribution in [0.4, 0.5) is 5.69 Å². The van der Waals surface area contributed by atoms with Crippen LogP contribution in [0.1, 0.15) is 29.0 Å². The van der Waals surface area contributed by atoms with Gasteiger partial charge in [-0.05, 0) is 37.6 Å². The topological polar surface area (TPSA) is 66.3 Å². The quantitative estimate of drug-likeness (QED) is 0.887. The molecular formula is C18H26N6O. The first-order chi connectivity index (χ1) is 12.0. The van der Waals surface area contributed by atoms with Gasteiger partial charge in [-0.25, -0.2) is 0 Å². The van der Waals surface area contributed by atoms with E-state index in [0.29, 0.717) is 5.56 Å². The molecule has 3 rings (SSSR count). The summed E-state index contributed by atoms with van der Waals surface area (Å²) >= 11 is 0. The highest BCUT2D eigenvalue weighted by Gasteiger charge is 2.23. The van der Waals surface area contributed by atoms with Crippen molar-refractivity contribution in [2.24, 2.45) is 7.05 Å². The van der Waals surface area contributed by atoms with Crippen LogP contribution in [0.25, 0.3) is 0 Å². The minimum Gasteiger partial charge on any atom is -0.378 e. The number of hydrogen-bond donors (Lipinski definition) is 1. The zero-order chi connectivity index (χ0) is 17.8. The maximum absolute atomic E-state index is 12.6. The molecule has 1 fully saturated rings. The Kier molecular flexibility index (Phi) is 5.33. The predicted octanol–water partition coefficient (Wildman–Crippen LogP) is 1.28. The van der Waals surface area contributed by atoms with Crippen molar-refractivity contribution in [2.75, 3.05) is 32.1 Å². The molecule has 0 bridgehead atoms. The maximum atomic E-state index is 12.6. The lowest BCUT2D eigenvalue weighted by Gasteiger charge is -2.32. The molecule has 0 saturated carbocycles. The summed E-state index contributed by atoms with van der Waals surface area (Å²) in [5, 5.41) is 11.3. The number of rotatable bonds is 5. The van der Waals surface area contributed by atoms with Gasteiger partial charge < -0.3 is 14.8 Å². The fourth-order valence-electron chi connectivity index (χ4n) is 3.16. The number of amides is 1. The van der Waals surface area contributed by atoms with Gasteiger partial charge in [-0.1, -0.05) is 6.07 Å². The average Bonchev–Trinajstić information content (AvgIpc) is 3.00. The first kappa shape index (κ1) is 17.4. The highest BCUT2D eigenvalue weighted by molar-refractivity contribution is 5.95. The largest absolute Gasteiger partial charge is 0.378 e. The Bertz CT molecular complexity index is 726. The van der Waals surface area contributed by atoms with Crippen LogP contribution >= 0.6 is 0 Å². The summed E-state index contributed by atoms with van der Waals surface area (Å²) in [6.45, 7) is 2.63. The SMILES string of the molecule is CN(C)c1cccc(C(=O)NC2CCCN(Cc3nncn3C)C2)c1. The molecule has 1 aromatic heterocycles. The molecule has 1 saturated heterocycles. The molecule has 2 aromatic rings. The van der Waals surface area contributed by atoms with Crippen molar-refractivity contribution >= 4 is 11.6 Å². The highest BCUT2D eigenvalue weighted by atomic mass is 16.1. The van der Waals surface area contributed by atoms with Gasteiger partial charge in [0.1, 0.15) is 12.2 Å². The fourth-order valence-corrected chi connectivity index (χ4v) is 3.16. The molecule has 1 aromatic carbocycles. The van der Waals surface area contributed by atoms with Crippen LogP contribution in [0.5, 0.6) is 0 Å². The van der Waals surface area contributed by atoms with Gasteiger partial charge in [-0.15, -0.1) is 10.2 Å². The summed E-state index contributed by atoms with van der Waals surface area (Å²) in [7, 11) is 5.90. The molecule has 0 spiro atoms. The fraction of sp³-hybridized carbons (Fsp3) is 0.500. The van der Waals surface area contributed by atoms with Crippen molar-refractivity contribution in [3.05, 3.63) is 42.0 Å². The van der Waals surface area contributed by atoms with Gasteiger partial charge in [-0.2, -0.15) is 0 Å². The number of nitrogens with zero attached hydrogens (tertiary/aromatic N) is 5. The van der Waals surface area contributed by atoms with Crippen LogP contribution in [-0.2, 0) is 13.6 Å². The number of carbonyl (C=O) groups is 1. The third kappa shape index (κ3) is 4.36. The number of likely N-dealkylation sites (tertiary alicyclic amines) is 1. The van der Waals surface area contributed by atoms with Crippen LogP contribution in [0, 0.1) is 0 Å². The number of carbonyl (C=O) groups excluding carboxylic acids is 1. The molecule has 134 valence electrons. The Labute approximate surface area is 148 Å². The molecule has 2 heterocycles. The average molecular weight is 342 g/mol. The van der Waals surface area contributed by atoms with E-state index in [9.17, 15) is 4.79 Å². The van der Waals surface area contributed by atoms with Gasteiger partial charge in [0, 0.05) is 45.0 Å². The summed E-state index contributed by atoms with van der Waals surface area (Å²) in [4.78, 5) is 16.9. The minimum atomic E-state index is -0.00536. The Hall–Kier alpha value is -2.41. The van der Waals surface area contributed by atoms with E-state index < -0.39 is 0 Å². The first-order valence-corrected chi connectivity index (χ1v) is 8.66. The molecule has 25 heavy (non-hydrogen) atoms. The van der Waals surface area contributed by atoms with Crippen molar-refractivity contribution < 1.29 is 4.79 Å². The summed E-state index contributed by atoms with van der Waals surface area (Å²) in [6, 6.07) is 7.88. The molecule has 7 heteroatoms. The number of aromatic nitrogens is 3. The number of anilines is 1. The molecule has 1 amide bonds. The molecule has 1 unspecified atom stereocenters. The molecule has 1 aliphatic heterocycles. The molecule has 7 nitrogen and oxygen atoms in total. The number of benzene rings is 1. The molecule has 1 aliphatic rings. The van der Waals surface area contributed by atoms with Gasteiger partial charge in [0.2, 0.25) is 0 Å². The maximum Gasteiger partial charge on any atom is 0.251 e. The van der Waals surface area contributed by atoms with Crippen molar-refractivity contribution in [3.8, 4) is 0 Å². The third-order valence-electron chi connectivity index (χ3n) is 4.64. The molecule has 0 aliphatic carbocycles. The van der Waals surface area contributed by atoms with Gasteiger partial charge in [0.05, 0.1) is 6.54 Å². The lowest BCUT2D eigenvalue weighted by Crippen LogP contribution is -2.47. The predicted molar refractivity (Wildman–Crippen MR) is 97.5 cm³/mol. The molecule has 1 atom stereocenters. The lowest BCUT2D eigenvalue weighted by atomic mass is 10.0. The van der Waals surface area contributed by atoms with Crippen LogP contribution < -0.4 is 10.2 Å². The van der Waals surface area contributed by atoms with E-state index in [4.69, 9.17) is 0 Å². The Morgan fingerprint density at radius 1 is 1.40 bits per heavy atom. The summed E-state index contributed by atoms with van der Waals surface area (Å²) < 4.78 is 1.94. The Morgan fingerprint density at radius 2 is 2.24 bits per heavy atom. The van der Waals surface area contributed by atoms with E-state index in [1.807, 2.05) is 54.9 Å². The summed E-state index contributed by atoms with van der Waals surface area (Å²) in [6.07, 6.45) is 3.80.